The van der Waals surface area contributed by atoms with E-state index in [1.807, 2.05) is 0 Å². The topological polar surface area (TPSA) is 145 Å². The van der Waals surface area contributed by atoms with E-state index in [1.54, 1.807) is 6.92 Å². The number of nitrogens with one attached hydrogen (secondary N) is 1. The van der Waals surface area contributed by atoms with Gasteiger partial charge in [0.2, 0.25) is 0 Å². The van der Waals surface area contributed by atoms with Crippen molar-refractivity contribution in [1.82, 2.24) is 0 Å². The number of aryl methyl sites for hydroxylation is 1. The van der Waals surface area contributed by atoms with Crippen molar-refractivity contribution < 1.29 is 30.1 Å². The molecule has 0 unspecified atom stereocenters. The fraction of sp³-hybridized carbons (Fsp3) is 0.538. The molecule has 1 aromatic rings. The number of ether oxygens (including phenoxy) is 1. The Labute approximate surface area is 125 Å². The highest BCUT2D eigenvalue weighted by Crippen LogP contribution is 2.28. The van der Waals surface area contributed by atoms with Crippen molar-refractivity contribution in [3.8, 4) is 0 Å². The number of non-ortho nitro benzene ring substituents is 1. The summed E-state index contributed by atoms with van der Waals surface area (Å²) in [6, 6.07) is 4.12. The zero-order valence-corrected chi connectivity index (χ0v) is 11.8. The number of aliphatic hydroxyl groups is 4. The van der Waals surface area contributed by atoms with Crippen LogP contribution in [0.3, 0.4) is 0 Å². The molecule has 5 atom stereocenters. The first-order valence-electron chi connectivity index (χ1n) is 6.67. The van der Waals surface area contributed by atoms with E-state index in [1.165, 1.54) is 18.2 Å². The van der Waals surface area contributed by atoms with Crippen LogP contribution < -0.4 is 5.32 Å². The van der Waals surface area contributed by atoms with Crippen molar-refractivity contribution in [3.63, 3.8) is 0 Å². The molecule has 1 saturated heterocycles. The number of nitro benzene ring substituents is 1. The normalized spacial score (nSPS) is 29.3. The number of hydrogen-bond acceptors (Lipinski definition) is 8. The number of rotatable bonds is 5. The molecule has 22 heavy (non-hydrogen) atoms. The van der Waals surface area contributed by atoms with Gasteiger partial charge in [-0.1, -0.05) is 0 Å². The molecule has 0 aromatic heterocycles. The van der Waals surface area contributed by atoms with Gasteiger partial charge in [-0.15, -0.1) is 0 Å². The molecule has 0 spiro atoms. The molecule has 1 heterocycles. The minimum absolute atomic E-state index is 0.0652. The summed E-state index contributed by atoms with van der Waals surface area (Å²) < 4.78 is 5.32. The smallest absolute Gasteiger partial charge is 0.269 e. The zero-order valence-electron chi connectivity index (χ0n) is 11.8. The fourth-order valence-electron chi connectivity index (χ4n) is 2.32. The van der Waals surface area contributed by atoms with E-state index in [4.69, 9.17) is 9.84 Å². The number of nitrogens with zero attached hydrogens (tertiary/aromatic N) is 1. The van der Waals surface area contributed by atoms with E-state index in [0.717, 1.165) is 0 Å². The molecule has 9 heteroatoms. The molecule has 9 nitrogen and oxygen atoms in total. The molecular weight excluding hydrogens is 296 g/mol. The maximum Gasteiger partial charge on any atom is 0.269 e. The third kappa shape index (κ3) is 3.18. The first-order valence-corrected chi connectivity index (χ1v) is 6.67. The Hall–Kier alpha value is -1.78. The molecule has 2 rings (SSSR count). The Morgan fingerprint density at radius 1 is 1.41 bits per heavy atom. The van der Waals surface area contributed by atoms with Crippen LogP contribution in [-0.2, 0) is 4.74 Å². The zero-order chi connectivity index (χ0) is 16.4. The van der Waals surface area contributed by atoms with E-state index in [0.29, 0.717) is 11.3 Å². The average Bonchev–Trinajstić information content (AvgIpc) is 2.76. The molecule has 0 bridgehead atoms. The average molecular weight is 314 g/mol. The van der Waals surface area contributed by atoms with Gasteiger partial charge < -0.3 is 30.5 Å². The summed E-state index contributed by atoms with van der Waals surface area (Å²) in [5.74, 6) is 0. The van der Waals surface area contributed by atoms with Gasteiger partial charge in [-0.2, -0.15) is 0 Å². The molecule has 122 valence electrons. The summed E-state index contributed by atoms with van der Waals surface area (Å²) in [5, 5.41) is 51.7. The predicted octanol–water partition coefficient (Wildman–Crippen LogP) is -0.885. The highest BCUT2D eigenvalue weighted by atomic mass is 16.6. The summed E-state index contributed by atoms with van der Waals surface area (Å²) in [6.45, 7) is 1.03. The van der Waals surface area contributed by atoms with Gasteiger partial charge in [0.05, 0.1) is 11.5 Å². The van der Waals surface area contributed by atoms with Crippen molar-refractivity contribution in [2.75, 3.05) is 11.9 Å². The Morgan fingerprint density at radius 2 is 2.09 bits per heavy atom. The van der Waals surface area contributed by atoms with Crippen LogP contribution in [0.25, 0.3) is 0 Å². The van der Waals surface area contributed by atoms with Crippen LogP contribution in [0, 0.1) is 17.0 Å². The highest BCUT2D eigenvalue weighted by Gasteiger charge is 2.45. The summed E-state index contributed by atoms with van der Waals surface area (Å²) in [7, 11) is 0. The Balaban J connectivity index is 2.12. The molecule has 1 fully saturated rings. The summed E-state index contributed by atoms with van der Waals surface area (Å²) in [5.41, 5.74) is 0.983. The quantitative estimate of drug-likeness (QED) is 0.348. The number of anilines is 1. The summed E-state index contributed by atoms with van der Waals surface area (Å²) in [6.07, 6.45) is -6.15. The van der Waals surface area contributed by atoms with Gasteiger partial charge in [0.25, 0.3) is 5.69 Å². The van der Waals surface area contributed by atoms with Crippen molar-refractivity contribution in [1.29, 1.82) is 0 Å². The second-order valence-electron chi connectivity index (χ2n) is 5.15. The SMILES string of the molecule is Cc1cc([N+](=O)[O-])ccc1N[C@@H]1O[C@@H]([C@H](O)CO)[C@@H](O)[C@@H]1O. The highest BCUT2D eigenvalue weighted by molar-refractivity contribution is 5.55. The van der Waals surface area contributed by atoms with Gasteiger partial charge in [0.15, 0.2) is 6.23 Å². The Morgan fingerprint density at radius 3 is 2.64 bits per heavy atom. The third-order valence-corrected chi connectivity index (χ3v) is 3.59. The van der Waals surface area contributed by atoms with Crippen LogP contribution >= 0.6 is 0 Å². The first-order chi connectivity index (χ1) is 10.3. The van der Waals surface area contributed by atoms with Crippen LogP contribution in [0.5, 0.6) is 0 Å². The maximum atomic E-state index is 10.7. The first kappa shape index (κ1) is 16.6. The van der Waals surface area contributed by atoms with Crippen molar-refractivity contribution >= 4 is 11.4 Å². The molecule has 0 radical (unpaired) electrons. The minimum atomic E-state index is -1.36. The third-order valence-electron chi connectivity index (χ3n) is 3.59. The van der Waals surface area contributed by atoms with Crippen molar-refractivity contribution in [2.45, 2.75) is 37.6 Å². The van der Waals surface area contributed by atoms with Gasteiger partial charge in [0.1, 0.15) is 24.4 Å². The van der Waals surface area contributed by atoms with E-state index in [2.05, 4.69) is 5.32 Å². The number of aliphatic hydroxyl groups excluding tert-OH is 4. The van der Waals surface area contributed by atoms with Gasteiger partial charge in [-0.25, -0.2) is 0 Å². The molecule has 0 saturated carbocycles. The maximum absolute atomic E-state index is 10.7. The minimum Gasteiger partial charge on any atom is -0.394 e. The van der Waals surface area contributed by atoms with Gasteiger partial charge in [-0.05, 0) is 18.6 Å². The van der Waals surface area contributed by atoms with E-state index in [-0.39, 0.29) is 5.69 Å². The van der Waals surface area contributed by atoms with Crippen LogP contribution in [-0.4, -0.2) is 62.6 Å². The second-order valence-corrected chi connectivity index (χ2v) is 5.15. The number of hydrogen-bond donors (Lipinski definition) is 5. The molecule has 0 amide bonds. The largest absolute Gasteiger partial charge is 0.394 e. The van der Waals surface area contributed by atoms with Gasteiger partial charge in [-0.3, -0.25) is 10.1 Å². The Kier molecular flexibility index (Phi) is 4.94. The number of nitro groups is 1. The van der Waals surface area contributed by atoms with Crippen LogP contribution in [0.15, 0.2) is 18.2 Å². The second kappa shape index (κ2) is 6.55. The van der Waals surface area contributed by atoms with Crippen LogP contribution in [0.1, 0.15) is 5.56 Å². The monoisotopic (exact) mass is 314 g/mol. The lowest BCUT2D eigenvalue weighted by Gasteiger charge is -2.20. The van der Waals surface area contributed by atoms with E-state index < -0.39 is 42.2 Å². The molecular formula is C13H18N2O7. The van der Waals surface area contributed by atoms with Gasteiger partial charge >= 0.3 is 0 Å². The molecule has 0 aliphatic carbocycles. The Bertz CT molecular complexity index is 553. The molecule has 1 aliphatic rings. The lowest BCUT2D eigenvalue weighted by molar-refractivity contribution is -0.384. The molecule has 1 aromatic carbocycles. The standard InChI is InChI=1S/C13H18N2O7/c1-6-4-7(15(20)21)2-3-8(6)14-13-11(19)10(18)12(22-13)9(17)5-16/h2-4,9-14,16-19H,5H2,1H3/t9-,10+,11+,12+,13-/m1/s1. The summed E-state index contributed by atoms with van der Waals surface area (Å²) in [4.78, 5) is 10.2. The summed E-state index contributed by atoms with van der Waals surface area (Å²) >= 11 is 0. The van der Waals surface area contributed by atoms with Crippen molar-refractivity contribution in [3.05, 3.63) is 33.9 Å². The lowest BCUT2D eigenvalue weighted by Crippen LogP contribution is -2.40. The molecule has 5 N–H and O–H groups in total. The van der Waals surface area contributed by atoms with Crippen LogP contribution in [0.4, 0.5) is 11.4 Å². The van der Waals surface area contributed by atoms with E-state index >= 15 is 0 Å². The van der Waals surface area contributed by atoms with Crippen LogP contribution in [0.2, 0.25) is 0 Å². The van der Waals surface area contributed by atoms with Gasteiger partial charge in [0, 0.05) is 17.8 Å². The fourth-order valence-corrected chi connectivity index (χ4v) is 2.32. The van der Waals surface area contributed by atoms with Crippen molar-refractivity contribution in [2.24, 2.45) is 0 Å². The predicted molar refractivity (Wildman–Crippen MR) is 75.2 cm³/mol. The van der Waals surface area contributed by atoms with E-state index in [9.17, 15) is 25.4 Å². The lowest BCUT2D eigenvalue weighted by atomic mass is 10.1. The molecule has 1 aliphatic heterocycles. The number of benzene rings is 1.